The van der Waals surface area contributed by atoms with Crippen molar-refractivity contribution in [2.75, 3.05) is 26.2 Å². The smallest absolute Gasteiger partial charge is 0.360 e. The number of hydrogen-bond donors (Lipinski definition) is 1. The van der Waals surface area contributed by atoms with Crippen molar-refractivity contribution in [3.63, 3.8) is 0 Å². The Morgan fingerprint density at radius 3 is 2.15 bits per heavy atom. The van der Waals surface area contributed by atoms with E-state index in [0.29, 0.717) is 31.5 Å². The first kappa shape index (κ1) is 28.5. The Morgan fingerprint density at radius 1 is 1.00 bits per heavy atom. The molecular weight excluding hydrogens is 537 g/mol. The summed E-state index contributed by atoms with van der Waals surface area (Å²) in [6.45, 7) is 0.955. The van der Waals surface area contributed by atoms with Crippen molar-refractivity contribution in [3.8, 4) is 17.2 Å². The predicted molar refractivity (Wildman–Crippen MR) is 133 cm³/mol. The number of nitrogens with zero attached hydrogens (tertiary/aromatic N) is 3. The number of piperidine rings is 1. The summed E-state index contributed by atoms with van der Waals surface area (Å²) in [7, 11) is -3.48. The second-order valence-electron chi connectivity index (χ2n) is 9.36. The van der Waals surface area contributed by atoms with Gasteiger partial charge in [-0.3, -0.25) is 4.79 Å². The lowest BCUT2D eigenvalue weighted by atomic mass is 9.96. The molecule has 2 aromatic rings. The third-order valence-electron chi connectivity index (χ3n) is 6.78. The Bertz CT molecular complexity index is 1340. The summed E-state index contributed by atoms with van der Waals surface area (Å²) in [4.78, 5) is 28.6. The zero-order chi connectivity index (χ0) is 28.2. The average molecular weight is 565 g/mol. The zero-order valence-corrected chi connectivity index (χ0v) is 21.7. The molecule has 0 spiro atoms. The molecule has 13 heteroatoms. The molecule has 0 aromatic heterocycles. The maximum absolute atomic E-state index is 12.7. The zero-order valence-electron chi connectivity index (χ0n) is 20.9. The van der Waals surface area contributed by atoms with Crippen molar-refractivity contribution in [1.29, 1.82) is 5.26 Å². The molecule has 2 atom stereocenters. The lowest BCUT2D eigenvalue weighted by molar-refractivity contribution is -0.248. The van der Waals surface area contributed by atoms with Gasteiger partial charge in [0.25, 0.3) is 0 Å². The van der Waals surface area contributed by atoms with E-state index in [4.69, 9.17) is 0 Å². The van der Waals surface area contributed by atoms with Gasteiger partial charge in [-0.05, 0) is 54.5 Å². The first-order valence-corrected chi connectivity index (χ1v) is 13.9. The number of carbonyl (C=O) groups is 2. The van der Waals surface area contributed by atoms with Crippen molar-refractivity contribution in [2.24, 2.45) is 0 Å². The summed E-state index contributed by atoms with van der Waals surface area (Å²) in [6, 6.07) is 14.6. The Kier molecular flexibility index (Phi) is 8.58. The molecule has 2 aliphatic rings. The molecule has 2 aliphatic heterocycles. The normalized spacial score (nSPS) is 19.4. The van der Waals surface area contributed by atoms with Crippen molar-refractivity contribution >= 4 is 21.9 Å². The maximum atomic E-state index is 12.7. The number of rotatable bonds is 8. The Labute approximate surface area is 224 Å². The van der Waals surface area contributed by atoms with E-state index in [1.165, 1.54) is 4.31 Å². The van der Waals surface area contributed by atoms with E-state index in [0.717, 1.165) is 22.6 Å². The van der Waals surface area contributed by atoms with Gasteiger partial charge in [0.15, 0.2) is 0 Å². The molecule has 2 fully saturated rings. The molecule has 0 bridgehead atoms. The number of nitrogens with one attached hydrogen (secondary N) is 1. The van der Waals surface area contributed by atoms with Gasteiger partial charge in [-0.2, -0.15) is 22.7 Å². The Balaban J connectivity index is 1.37. The topological polar surface area (TPSA) is 120 Å². The van der Waals surface area contributed by atoms with Crippen LogP contribution in [0.5, 0.6) is 0 Å². The fraction of sp³-hybridized carbons (Fsp3) is 0.423. The summed E-state index contributed by atoms with van der Waals surface area (Å²) < 4.78 is 64.3. The van der Waals surface area contributed by atoms with Crippen LogP contribution in [0.2, 0.25) is 0 Å². The number of nitriles is 1. The van der Waals surface area contributed by atoms with Crippen LogP contribution in [0.1, 0.15) is 37.2 Å². The van der Waals surface area contributed by atoms with Crippen LogP contribution in [0.15, 0.2) is 53.4 Å². The van der Waals surface area contributed by atoms with E-state index in [9.17, 15) is 36.4 Å². The minimum absolute atomic E-state index is 0.00574. The molecule has 2 heterocycles. The van der Waals surface area contributed by atoms with E-state index < -0.39 is 40.0 Å². The number of halogens is 3. The lowest BCUT2D eigenvalue weighted by Crippen LogP contribution is -2.51. The van der Waals surface area contributed by atoms with Gasteiger partial charge in [0.05, 0.1) is 16.9 Å². The first-order chi connectivity index (χ1) is 18.5. The number of amides is 1. The van der Waals surface area contributed by atoms with Gasteiger partial charge in [0.1, 0.15) is 6.04 Å². The highest BCUT2D eigenvalue weighted by molar-refractivity contribution is 7.89. The molecule has 208 valence electrons. The summed E-state index contributed by atoms with van der Waals surface area (Å²) in [5, 5.41) is 13.0. The van der Waals surface area contributed by atoms with Crippen LogP contribution in [-0.2, 0) is 24.4 Å². The van der Waals surface area contributed by atoms with Crippen molar-refractivity contribution < 1.29 is 36.0 Å². The quantitative estimate of drug-likeness (QED) is 0.522. The predicted octanol–water partition coefficient (Wildman–Crippen LogP) is 3.35. The fourth-order valence-electron chi connectivity index (χ4n) is 4.40. The van der Waals surface area contributed by atoms with Gasteiger partial charge < -0.3 is 10.2 Å². The molecule has 39 heavy (non-hydrogen) atoms. The molecule has 0 aliphatic carbocycles. The van der Waals surface area contributed by atoms with Gasteiger partial charge >= 0.3 is 12.1 Å². The summed E-state index contributed by atoms with van der Waals surface area (Å²) in [5.74, 6) is -3.75. The molecule has 9 nitrogen and oxygen atoms in total. The number of sulfonamides is 1. The molecule has 0 saturated carbocycles. The van der Waals surface area contributed by atoms with Crippen LogP contribution in [0.4, 0.5) is 13.2 Å². The van der Waals surface area contributed by atoms with E-state index in [1.807, 2.05) is 0 Å². The van der Waals surface area contributed by atoms with Gasteiger partial charge in [0.2, 0.25) is 15.9 Å². The standard InChI is InChI=1S/C26H27F3N4O5S/c27-26(28,29)25(35)38-33-15-2-1-4-23(33)24(34)31-17-21(16-30)20-7-5-18(6-8-20)19-9-11-22(12-10-19)39(36,37)32-13-3-14-32/h5-12,21,23H,1-4,13-15,17H2,(H,31,34)/t21-,23-/m0/s1. The third-order valence-corrected chi connectivity index (χ3v) is 8.69. The van der Waals surface area contributed by atoms with Gasteiger partial charge in [-0.25, -0.2) is 13.2 Å². The minimum atomic E-state index is -5.18. The molecule has 4 rings (SSSR count). The monoisotopic (exact) mass is 564 g/mol. The highest BCUT2D eigenvalue weighted by Crippen LogP contribution is 2.27. The van der Waals surface area contributed by atoms with Gasteiger partial charge in [0, 0.05) is 26.2 Å². The number of alkyl halides is 3. The minimum Gasteiger partial charge on any atom is -0.360 e. The van der Waals surface area contributed by atoms with Gasteiger partial charge in [-0.1, -0.05) is 36.4 Å². The van der Waals surface area contributed by atoms with Crippen molar-refractivity contribution in [1.82, 2.24) is 14.7 Å². The van der Waals surface area contributed by atoms with E-state index in [-0.39, 0.29) is 24.4 Å². The first-order valence-electron chi connectivity index (χ1n) is 12.4. The molecule has 2 aromatic carbocycles. The second kappa shape index (κ2) is 11.7. The van der Waals surface area contributed by atoms with Crippen LogP contribution in [0, 0.1) is 11.3 Å². The Hall–Kier alpha value is -3.47. The third kappa shape index (κ3) is 6.58. The lowest BCUT2D eigenvalue weighted by Gasteiger charge is -2.32. The molecule has 1 amide bonds. The van der Waals surface area contributed by atoms with Crippen LogP contribution in [-0.4, -0.2) is 68.1 Å². The van der Waals surface area contributed by atoms with Crippen LogP contribution < -0.4 is 5.32 Å². The average Bonchev–Trinajstić information content (AvgIpc) is 2.88. The van der Waals surface area contributed by atoms with Crippen LogP contribution in [0.3, 0.4) is 0 Å². The molecule has 0 unspecified atom stereocenters. The second-order valence-corrected chi connectivity index (χ2v) is 11.3. The highest BCUT2D eigenvalue weighted by atomic mass is 32.2. The fourth-order valence-corrected chi connectivity index (χ4v) is 5.91. The number of hydroxylamine groups is 2. The Morgan fingerprint density at radius 2 is 1.62 bits per heavy atom. The molecule has 1 N–H and O–H groups in total. The van der Waals surface area contributed by atoms with Crippen LogP contribution >= 0.6 is 0 Å². The summed E-state index contributed by atoms with van der Waals surface area (Å²) >= 11 is 0. The van der Waals surface area contributed by atoms with Crippen molar-refractivity contribution in [2.45, 2.75) is 48.7 Å². The largest absolute Gasteiger partial charge is 0.492 e. The SMILES string of the molecule is N#C[C@@H](CNC(=O)[C@@H]1CCCCN1OC(=O)C(F)(F)F)c1ccc(-c2ccc(S(=O)(=O)N3CCC3)cc2)cc1. The van der Waals surface area contributed by atoms with E-state index in [2.05, 4.69) is 16.2 Å². The number of hydrogen-bond acceptors (Lipinski definition) is 7. The van der Waals surface area contributed by atoms with E-state index in [1.54, 1.807) is 48.5 Å². The number of benzene rings is 2. The van der Waals surface area contributed by atoms with E-state index >= 15 is 0 Å². The highest BCUT2D eigenvalue weighted by Gasteiger charge is 2.44. The number of carbonyl (C=O) groups excluding carboxylic acids is 2. The molecule has 0 radical (unpaired) electrons. The van der Waals surface area contributed by atoms with Crippen molar-refractivity contribution in [3.05, 3.63) is 54.1 Å². The van der Waals surface area contributed by atoms with Gasteiger partial charge in [-0.15, -0.1) is 5.06 Å². The maximum Gasteiger partial charge on any atom is 0.492 e. The molecule has 2 saturated heterocycles. The molecular formula is C26H27F3N4O5S. The summed E-state index contributed by atoms with van der Waals surface area (Å²) in [5.41, 5.74) is 2.20. The summed E-state index contributed by atoms with van der Waals surface area (Å²) in [6.07, 6.45) is -3.07. The van der Waals surface area contributed by atoms with Crippen LogP contribution in [0.25, 0.3) is 11.1 Å².